The predicted octanol–water partition coefficient (Wildman–Crippen LogP) is 1.79. The van der Waals surface area contributed by atoms with Crippen LogP contribution in [0.2, 0.25) is 0 Å². The zero-order valence-corrected chi connectivity index (χ0v) is 13.0. The van der Waals surface area contributed by atoms with Crippen LogP contribution in [0.4, 0.5) is 11.8 Å². The number of rotatable bonds is 7. The van der Waals surface area contributed by atoms with Gasteiger partial charge in [-0.1, -0.05) is 6.92 Å². The van der Waals surface area contributed by atoms with E-state index in [2.05, 4.69) is 32.8 Å². The summed E-state index contributed by atoms with van der Waals surface area (Å²) in [5.41, 5.74) is 0.392. The van der Waals surface area contributed by atoms with Crippen molar-refractivity contribution in [3.05, 3.63) is 11.8 Å². The van der Waals surface area contributed by atoms with Crippen LogP contribution in [0.3, 0.4) is 0 Å². The minimum absolute atomic E-state index is 0.000101. The smallest absolute Gasteiger partial charge is 0.227 e. The van der Waals surface area contributed by atoms with Crippen LogP contribution in [0, 0.1) is 12.3 Å². The van der Waals surface area contributed by atoms with Crippen LogP contribution in [0.25, 0.3) is 0 Å². The highest BCUT2D eigenvalue weighted by atomic mass is 16.2. The van der Waals surface area contributed by atoms with Gasteiger partial charge in [-0.05, 0) is 27.2 Å². The Hall–Kier alpha value is -1.85. The second-order valence-electron chi connectivity index (χ2n) is 5.46. The second-order valence-corrected chi connectivity index (χ2v) is 5.46. The number of carbonyl (C=O) groups excluding carboxylic acids is 1. The molecule has 0 spiro atoms. The summed E-state index contributed by atoms with van der Waals surface area (Å²) in [6.07, 6.45) is 1.02. The molecule has 1 aromatic rings. The van der Waals surface area contributed by atoms with Gasteiger partial charge in [-0.3, -0.25) is 4.79 Å². The van der Waals surface area contributed by atoms with Crippen molar-refractivity contribution in [1.82, 2.24) is 15.3 Å². The molecule has 0 aliphatic carbocycles. The lowest BCUT2D eigenvalue weighted by Crippen LogP contribution is -2.39. The number of nitrogens with one attached hydrogen (secondary N) is 3. The second kappa shape index (κ2) is 7.07. The maximum Gasteiger partial charge on any atom is 0.227 e. The maximum absolute atomic E-state index is 11.7. The number of anilines is 2. The Kier molecular flexibility index (Phi) is 5.73. The van der Waals surface area contributed by atoms with Crippen LogP contribution in [-0.4, -0.2) is 36.0 Å². The molecule has 0 saturated carbocycles. The molecule has 1 amide bonds. The van der Waals surface area contributed by atoms with Gasteiger partial charge < -0.3 is 16.0 Å². The van der Waals surface area contributed by atoms with Crippen LogP contribution in [0.5, 0.6) is 0 Å². The number of hydrogen-bond donors (Lipinski definition) is 3. The van der Waals surface area contributed by atoms with Crippen LogP contribution in [-0.2, 0) is 4.79 Å². The van der Waals surface area contributed by atoms with E-state index in [1.54, 1.807) is 7.05 Å². The quantitative estimate of drug-likeness (QED) is 0.709. The van der Waals surface area contributed by atoms with E-state index < -0.39 is 5.41 Å². The average molecular weight is 279 g/mol. The number of aromatic nitrogens is 2. The molecule has 0 atom stereocenters. The minimum Gasteiger partial charge on any atom is -0.369 e. The molecule has 1 rings (SSSR count). The zero-order valence-electron chi connectivity index (χ0n) is 13.0. The van der Waals surface area contributed by atoms with Crippen molar-refractivity contribution in [3.63, 3.8) is 0 Å². The fraction of sp³-hybridized carbons (Fsp3) is 0.643. The number of hydrogen-bond acceptors (Lipinski definition) is 5. The van der Waals surface area contributed by atoms with E-state index in [1.807, 2.05) is 26.8 Å². The molecule has 0 aromatic carbocycles. The van der Waals surface area contributed by atoms with E-state index in [9.17, 15) is 4.79 Å². The lowest BCUT2D eigenvalue weighted by atomic mass is 9.92. The summed E-state index contributed by atoms with van der Waals surface area (Å²) < 4.78 is 0. The highest BCUT2D eigenvalue weighted by Gasteiger charge is 2.26. The lowest BCUT2D eigenvalue weighted by Gasteiger charge is -2.23. The van der Waals surface area contributed by atoms with Gasteiger partial charge in [0.05, 0.1) is 5.41 Å². The van der Waals surface area contributed by atoms with E-state index in [0.717, 1.165) is 24.5 Å². The van der Waals surface area contributed by atoms with Crippen molar-refractivity contribution in [2.75, 3.05) is 30.8 Å². The molecule has 1 aromatic heterocycles. The topological polar surface area (TPSA) is 78.9 Å². The van der Waals surface area contributed by atoms with Crippen molar-refractivity contribution in [1.29, 1.82) is 0 Å². The molecule has 0 saturated heterocycles. The Labute approximate surface area is 120 Å². The fourth-order valence-corrected chi connectivity index (χ4v) is 1.71. The van der Waals surface area contributed by atoms with E-state index in [4.69, 9.17) is 0 Å². The first kappa shape index (κ1) is 16.2. The van der Waals surface area contributed by atoms with E-state index in [-0.39, 0.29) is 5.91 Å². The predicted molar refractivity (Wildman–Crippen MR) is 81.9 cm³/mol. The summed E-state index contributed by atoms with van der Waals surface area (Å²) in [5, 5.41) is 9.04. The van der Waals surface area contributed by atoms with Crippen LogP contribution in [0.15, 0.2) is 6.07 Å². The average Bonchev–Trinajstić information content (AvgIpc) is 2.41. The zero-order chi connectivity index (χ0) is 15.2. The molecular weight excluding hydrogens is 254 g/mol. The van der Waals surface area contributed by atoms with Crippen molar-refractivity contribution in [3.8, 4) is 0 Å². The van der Waals surface area contributed by atoms with E-state index in [1.165, 1.54) is 0 Å². The number of aryl methyl sites for hydroxylation is 1. The van der Waals surface area contributed by atoms with Gasteiger partial charge in [0.15, 0.2) is 0 Å². The Morgan fingerprint density at radius 3 is 2.60 bits per heavy atom. The van der Waals surface area contributed by atoms with Gasteiger partial charge in [0.25, 0.3) is 0 Å². The molecule has 20 heavy (non-hydrogen) atoms. The maximum atomic E-state index is 11.7. The molecule has 0 radical (unpaired) electrons. The van der Waals surface area contributed by atoms with Gasteiger partial charge in [0.1, 0.15) is 5.82 Å². The molecule has 0 fully saturated rings. The van der Waals surface area contributed by atoms with Gasteiger partial charge >= 0.3 is 0 Å². The lowest BCUT2D eigenvalue weighted by molar-refractivity contribution is -0.128. The first-order chi connectivity index (χ1) is 9.39. The number of amides is 1. The van der Waals surface area contributed by atoms with Crippen molar-refractivity contribution in [2.45, 2.75) is 34.1 Å². The molecule has 3 N–H and O–H groups in total. The SMILES string of the molecule is CCCNc1nc(C)cc(NCC(C)(C)C(=O)NC)n1. The molecule has 6 nitrogen and oxygen atoms in total. The Morgan fingerprint density at radius 1 is 1.30 bits per heavy atom. The third-order valence-electron chi connectivity index (χ3n) is 2.94. The third-order valence-corrected chi connectivity index (χ3v) is 2.94. The largest absolute Gasteiger partial charge is 0.369 e. The number of nitrogens with zero attached hydrogens (tertiary/aromatic N) is 2. The third kappa shape index (κ3) is 4.68. The molecule has 0 aliphatic rings. The highest BCUT2D eigenvalue weighted by Crippen LogP contribution is 2.17. The van der Waals surface area contributed by atoms with Crippen molar-refractivity contribution < 1.29 is 4.79 Å². The Bertz CT molecular complexity index is 459. The van der Waals surface area contributed by atoms with Crippen molar-refractivity contribution >= 4 is 17.7 Å². The summed E-state index contributed by atoms with van der Waals surface area (Å²) in [7, 11) is 1.64. The Balaban J connectivity index is 2.72. The van der Waals surface area contributed by atoms with Gasteiger partial charge in [0.2, 0.25) is 11.9 Å². The molecule has 0 unspecified atom stereocenters. The van der Waals surface area contributed by atoms with Gasteiger partial charge in [-0.15, -0.1) is 0 Å². The van der Waals surface area contributed by atoms with Gasteiger partial charge in [0, 0.05) is 31.9 Å². The van der Waals surface area contributed by atoms with Crippen molar-refractivity contribution in [2.24, 2.45) is 5.41 Å². The standard InChI is InChI=1S/C14H25N5O/c1-6-7-16-13-18-10(2)8-11(19-13)17-9-14(3,4)12(20)15-5/h8H,6-7,9H2,1-5H3,(H,15,20)(H2,16,17,18,19). The first-order valence-electron chi connectivity index (χ1n) is 6.94. The van der Waals surface area contributed by atoms with Crippen LogP contribution in [0.1, 0.15) is 32.9 Å². The molecule has 6 heteroatoms. The molecule has 0 aliphatic heterocycles. The molecule has 112 valence electrons. The summed E-state index contributed by atoms with van der Waals surface area (Å²) in [5.74, 6) is 1.35. The molecule has 1 heterocycles. The summed E-state index contributed by atoms with van der Waals surface area (Å²) in [6.45, 7) is 9.15. The van der Waals surface area contributed by atoms with Crippen LogP contribution >= 0.6 is 0 Å². The molecular formula is C14H25N5O. The van der Waals surface area contributed by atoms with E-state index in [0.29, 0.717) is 12.5 Å². The fourth-order valence-electron chi connectivity index (χ4n) is 1.71. The highest BCUT2D eigenvalue weighted by molar-refractivity contribution is 5.82. The monoisotopic (exact) mass is 279 g/mol. The van der Waals surface area contributed by atoms with Gasteiger partial charge in [-0.2, -0.15) is 4.98 Å². The summed E-state index contributed by atoms with van der Waals surface area (Å²) in [6, 6.07) is 1.87. The van der Waals surface area contributed by atoms with Crippen LogP contribution < -0.4 is 16.0 Å². The Morgan fingerprint density at radius 2 is 2.00 bits per heavy atom. The minimum atomic E-state index is -0.495. The summed E-state index contributed by atoms with van der Waals surface area (Å²) in [4.78, 5) is 20.5. The normalized spacial score (nSPS) is 11.1. The number of carbonyl (C=O) groups is 1. The van der Waals surface area contributed by atoms with E-state index >= 15 is 0 Å². The summed E-state index contributed by atoms with van der Waals surface area (Å²) >= 11 is 0. The molecule has 0 bridgehead atoms. The first-order valence-corrected chi connectivity index (χ1v) is 6.94. The van der Waals surface area contributed by atoms with Gasteiger partial charge in [-0.25, -0.2) is 4.98 Å².